The molecule has 0 bridgehead atoms. The second-order valence-electron chi connectivity index (χ2n) is 5.43. The highest BCUT2D eigenvalue weighted by Crippen LogP contribution is 2.32. The molecule has 1 fully saturated rings. The predicted molar refractivity (Wildman–Crippen MR) is 65.1 cm³/mol. The van der Waals surface area contributed by atoms with Crippen molar-refractivity contribution in [2.45, 2.75) is 38.5 Å². The maximum atomic E-state index is 12.3. The smallest absolute Gasteiger partial charge is 0.246 e. The minimum absolute atomic E-state index is 0.247. The van der Waals surface area contributed by atoms with Crippen LogP contribution in [0.5, 0.6) is 0 Å². The molecule has 0 unspecified atom stereocenters. The van der Waals surface area contributed by atoms with Gasteiger partial charge in [-0.05, 0) is 25.2 Å². The lowest BCUT2D eigenvalue weighted by atomic mass is 9.83. The molecule has 96 valence electrons. The van der Waals surface area contributed by atoms with Gasteiger partial charge in [0.15, 0.2) is 0 Å². The number of nitrogens with one attached hydrogen (secondary N) is 1. The van der Waals surface area contributed by atoms with Crippen LogP contribution >= 0.6 is 0 Å². The summed E-state index contributed by atoms with van der Waals surface area (Å²) in [6.45, 7) is 7.29. The normalized spacial score (nSPS) is 21.6. The van der Waals surface area contributed by atoms with E-state index < -0.39 is 10.0 Å². The highest BCUT2D eigenvalue weighted by Gasteiger charge is 2.33. The van der Waals surface area contributed by atoms with Crippen LogP contribution in [0, 0.1) is 12.3 Å². The largest absolute Gasteiger partial charge is 0.281 e. The van der Waals surface area contributed by atoms with Crippen molar-refractivity contribution in [1.82, 2.24) is 14.5 Å². The third-order valence-electron chi connectivity index (χ3n) is 3.48. The van der Waals surface area contributed by atoms with Gasteiger partial charge in [0.2, 0.25) is 10.0 Å². The SMILES string of the molecule is Cc1[nH]ncc1S(=O)(=O)N1CCC(C)(C)CC1. The summed E-state index contributed by atoms with van der Waals surface area (Å²) in [6.07, 6.45) is 3.21. The second kappa shape index (κ2) is 4.10. The van der Waals surface area contributed by atoms with E-state index in [0.29, 0.717) is 23.7 Å². The van der Waals surface area contributed by atoms with Gasteiger partial charge in [-0.25, -0.2) is 8.42 Å². The van der Waals surface area contributed by atoms with E-state index >= 15 is 0 Å². The zero-order chi connectivity index (χ0) is 12.7. The molecule has 1 N–H and O–H groups in total. The first-order chi connectivity index (χ1) is 7.83. The molecule has 0 atom stereocenters. The van der Waals surface area contributed by atoms with Crippen LogP contribution in [-0.4, -0.2) is 36.0 Å². The maximum absolute atomic E-state index is 12.3. The van der Waals surface area contributed by atoms with Gasteiger partial charge >= 0.3 is 0 Å². The quantitative estimate of drug-likeness (QED) is 0.873. The molecular weight excluding hydrogens is 238 g/mol. The Balaban J connectivity index is 2.22. The molecule has 2 rings (SSSR count). The number of aryl methyl sites for hydroxylation is 1. The summed E-state index contributed by atoms with van der Waals surface area (Å²) in [5.74, 6) is 0. The van der Waals surface area contributed by atoms with Crippen molar-refractivity contribution in [1.29, 1.82) is 0 Å². The fraction of sp³-hybridized carbons (Fsp3) is 0.727. The molecule has 0 spiro atoms. The standard InChI is InChI=1S/C11H19N3O2S/c1-9-10(8-12-13-9)17(15,16)14-6-4-11(2,3)5-7-14/h8H,4-7H2,1-3H3,(H,12,13). The number of aromatic amines is 1. The van der Waals surface area contributed by atoms with Crippen molar-refractivity contribution in [2.75, 3.05) is 13.1 Å². The summed E-state index contributed by atoms with van der Waals surface area (Å²) in [7, 11) is -3.36. The van der Waals surface area contributed by atoms with Crippen LogP contribution in [0.3, 0.4) is 0 Å². The molecule has 17 heavy (non-hydrogen) atoms. The first kappa shape index (κ1) is 12.6. The Bertz CT molecular complexity index is 495. The van der Waals surface area contributed by atoms with E-state index in [2.05, 4.69) is 24.0 Å². The molecule has 1 aromatic heterocycles. The first-order valence-electron chi connectivity index (χ1n) is 5.83. The average molecular weight is 257 g/mol. The lowest BCUT2D eigenvalue weighted by Gasteiger charge is -2.35. The Hall–Kier alpha value is -0.880. The van der Waals surface area contributed by atoms with Gasteiger partial charge in [-0.1, -0.05) is 13.8 Å². The van der Waals surface area contributed by atoms with Crippen LogP contribution < -0.4 is 0 Å². The van der Waals surface area contributed by atoms with Gasteiger partial charge in [-0.2, -0.15) is 9.40 Å². The summed E-state index contributed by atoms with van der Waals surface area (Å²) in [4.78, 5) is 0.303. The van der Waals surface area contributed by atoms with E-state index in [9.17, 15) is 8.42 Å². The zero-order valence-corrected chi connectivity index (χ0v) is 11.3. The van der Waals surface area contributed by atoms with Gasteiger partial charge < -0.3 is 0 Å². The number of sulfonamides is 1. The average Bonchev–Trinajstić information content (AvgIpc) is 2.64. The van der Waals surface area contributed by atoms with Crippen LogP contribution in [0.2, 0.25) is 0 Å². The second-order valence-corrected chi connectivity index (χ2v) is 7.33. The Labute approximate surface area is 102 Å². The zero-order valence-electron chi connectivity index (χ0n) is 10.5. The minimum Gasteiger partial charge on any atom is -0.281 e. The predicted octanol–water partition coefficient (Wildman–Crippen LogP) is 1.53. The van der Waals surface area contributed by atoms with Crippen molar-refractivity contribution in [3.05, 3.63) is 11.9 Å². The van der Waals surface area contributed by atoms with E-state index in [1.165, 1.54) is 6.20 Å². The van der Waals surface area contributed by atoms with E-state index in [4.69, 9.17) is 0 Å². The number of hydrogen-bond donors (Lipinski definition) is 1. The van der Waals surface area contributed by atoms with Crippen LogP contribution in [0.1, 0.15) is 32.4 Å². The van der Waals surface area contributed by atoms with Gasteiger partial charge in [0.25, 0.3) is 0 Å². The number of nitrogens with zero attached hydrogens (tertiary/aromatic N) is 2. The molecule has 2 heterocycles. The van der Waals surface area contributed by atoms with E-state index in [1.807, 2.05) is 0 Å². The fourth-order valence-electron chi connectivity index (χ4n) is 2.07. The molecular formula is C11H19N3O2S. The summed E-state index contributed by atoms with van der Waals surface area (Å²) < 4.78 is 26.3. The summed E-state index contributed by atoms with van der Waals surface area (Å²) in [6, 6.07) is 0. The van der Waals surface area contributed by atoms with Crippen LogP contribution in [0.15, 0.2) is 11.1 Å². The van der Waals surface area contributed by atoms with Crippen molar-refractivity contribution < 1.29 is 8.42 Å². The molecule has 0 aromatic carbocycles. The molecule has 1 aromatic rings. The Morgan fingerprint density at radius 2 is 1.94 bits per heavy atom. The Kier molecular flexibility index (Phi) is 3.03. The third kappa shape index (κ3) is 2.37. The summed E-state index contributed by atoms with van der Waals surface area (Å²) in [5, 5.41) is 6.45. The first-order valence-corrected chi connectivity index (χ1v) is 7.27. The molecule has 0 saturated carbocycles. The Morgan fingerprint density at radius 1 is 1.35 bits per heavy atom. The van der Waals surface area contributed by atoms with Crippen LogP contribution in [0.4, 0.5) is 0 Å². The molecule has 1 saturated heterocycles. The van der Waals surface area contributed by atoms with Gasteiger partial charge in [0.1, 0.15) is 4.90 Å². The minimum atomic E-state index is -3.36. The van der Waals surface area contributed by atoms with Crippen LogP contribution in [-0.2, 0) is 10.0 Å². The topological polar surface area (TPSA) is 66.1 Å². The Morgan fingerprint density at radius 3 is 2.41 bits per heavy atom. The van der Waals surface area contributed by atoms with Gasteiger partial charge in [-0.15, -0.1) is 0 Å². The molecule has 0 aliphatic carbocycles. The summed E-state index contributed by atoms with van der Waals surface area (Å²) in [5.41, 5.74) is 0.854. The van der Waals surface area contributed by atoms with Crippen LogP contribution in [0.25, 0.3) is 0 Å². The molecule has 6 heteroatoms. The van der Waals surface area contributed by atoms with Gasteiger partial charge in [-0.3, -0.25) is 5.10 Å². The monoisotopic (exact) mass is 257 g/mol. The van der Waals surface area contributed by atoms with Gasteiger partial charge in [0.05, 0.1) is 11.9 Å². The highest BCUT2D eigenvalue weighted by molar-refractivity contribution is 7.89. The number of aromatic nitrogens is 2. The summed E-state index contributed by atoms with van der Waals surface area (Å²) >= 11 is 0. The number of rotatable bonds is 2. The molecule has 1 aliphatic heterocycles. The third-order valence-corrected chi connectivity index (χ3v) is 5.49. The van der Waals surface area contributed by atoms with Crippen molar-refractivity contribution in [3.8, 4) is 0 Å². The number of hydrogen-bond acceptors (Lipinski definition) is 3. The van der Waals surface area contributed by atoms with Crippen molar-refractivity contribution in [3.63, 3.8) is 0 Å². The van der Waals surface area contributed by atoms with E-state index in [0.717, 1.165) is 12.8 Å². The number of H-pyrrole nitrogens is 1. The van der Waals surface area contributed by atoms with Crippen molar-refractivity contribution in [2.24, 2.45) is 5.41 Å². The molecule has 0 amide bonds. The number of piperidine rings is 1. The molecule has 0 radical (unpaired) electrons. The highest BCUT2D eigenvalue weighted by atomic mass is 32.2. The maximum Gasteiger partial charge on any atom is 0.246 e. The van der Waals surface area contributed by atoms with E-state index in [1.54, 1.807) is 11.2 Å². The lowest BCUT2D eigenvalue weighted by molar-refractivity contribution is 0.196. The molecule has 1 aliphatic rings. The lowest BCUT2D eigenvalue weighted by Crippen LogP contribution is -2.41. The van der Waals surface area contributed by atoms with Crippen molar-refractivity contribution >= 4 is 10.0 Å². The van der Waals surface area contributed by atoms with E-state index in [-0.39, 0.29) is 5.41 Å². The van der Waals surface area contributed by atoms with Gasteiger partial charge in [0, 0.05) is 13.1 Å². The molecule has 5 nitrogen and oxygen atoms in total. The fourth-order valence-corrected chi connectivity index (χ4v) is 3.63.